The minimum absolute atomic E-state index is 0.644. The van der Waals surface area contributed by atoms with Crippen molar-refractivity contribution in [2.75, 3.05) is 25.5 Å². The molecule has 1 aromatic carbocycles. The van der Waals surface area contributed by atoms with Gasteiger partial charge in [0.25, 0.3) is 0 Å². The molecular formula is C13H16N4. The number of aliphatic imine (C=N–C) groups is 1. The first kappa shape index (κ1) is 11.5. The van der Waals surface area contributed by atoms with E-state index in [1.807, 2.05) is 51.5 Å². The van der Waals surface area contributed by atoms with Crippen molar-refractivity contribution in [2.45, 2.75) is 6.92 Å². The second-order valence-electron chi connectivity index (χ2n) is 4.21. The van der Waals surface area contributed by atoms with Crippen LogP contribution in [-0.4, -0.2) is 26.9 Å². The van der Waals surface area contributed by atoms with Gasteiger partial charge in [0.1, 0.15) is 0 Å². The van der Waals surface area contributed by atoms with Gasteiger partial charge >= 0.3 is 0 Å². The normalized spacial score (nSPS) is 15.0. The van der Waals surface area contributed by atoms with Gasteiger partial charge in [-0.05, 0) is 36.8 Å². The van der Waals surface area contributed by atoms with Crippen LogP contribution < -0.4 is 4.90 Å². The zero-order valence-electron chi connectivity index (χ0n) is 10.4. The molecule has 1 heterocycles. The lowest BCUT2D eigenvalue weighted by atomic mass is 10.3. The SMILES string of the molecule is CC1=C(N=Nc2ccc(N(C)C)cc2)CN=C1. The Morgan fingerprint density at radius 1 is 1.12 bits per heavy atom. The Bertz CT molecular complexity index is 481. The van der Waals surface area contributed by atoms with Gasteiger partial charge in [-0.2, -0.15) is 10.2 Å². The van der Waals surface area contributed by atoms with E-state index in [0.29, 0.717) is 6.54 Å². The molecule has 0 unspecified atom stereocenters. The lowest BCUT2D eigenvalue weighted by Gasteiger charge is -2.11. The number of hydrogen-bond donors (Lipinski definition) is 0. The van der Waals surface area contributed by atoms with Gasteiger partial charge in [-0.15, -0.1) is 0 Å². The molecule has 1 aliphatic rings. The molecule has 4 nitrogen and oxygen atoms in total. The predicted molar refractivity (Wildman–Crippen MR) is 71.3 cm³/mol. The Hall–Kier alpha value is -1.97. The van der Waals surface area contributed by atoms with Gasteiger partial charge in [0.05, 0.1) is 17.9 Å². The number of hydrogen-bond acceptors (Lipinski definition) is 4. The van der Waals surface area contributed by atoms with Crippen molar-refractivity contribution in [1.82, 2.24) is 0 Å². The molecule has 0 N–H and O–H groups in total. The van der Waals surface area contributed by atoms with Crippen LogP contribution in [-0.2, 0) is 0 Å². The molecule has 4 heteroatoms. The molecule has 0 atom stereocenters. The summed E-state index contributed by atoms with van der Waals surface area (Å²) in [5.41, 5.74) is 4.06. The smallest absolute Gasteiger partial charge is 0.0889 e. The van der Waals surface area contributed by atoms with Crippen LogP contribution in [0.25, 0.3) is 0 Å². The first-order valence-electron chi connectivity index (χ1n) is 5.55. The number of azo groups is 1. The first-order valence-corrected chi connectivity index (χ1v) is 5.55. The van der Waals surface area contributed by atoms with Crippen LogP contribution in [0.4, 0.5) is 11.4 Å². The van der Waals surface area contributed by atoms with E-state index in [2.05, 4.69) is 20.1 Å². The van der Waals surface area contributed by atoms with E-state index < -0.39 is 0 Å². The van der Waals surface area contributed by atoms with Crippen molar-refractivity contribution in [1.29, 1.82) is 0 Å². The zero-order valence-corrected chi connectivity index (χ0v) is 10.4. The lowest BCUT2D eigenvalue weighted by molar-refractivity contribution is 1.05. The van der Waals surface area contributed by atoms with E-state index in [0.717, 1.165) is 22.6 Å². The standard InChI is InChI=1S/C13H16N4/c1-10-8-14-9-13(10)16-15-11-4-6-12(7-5-11)17(2)3/h4-8H,9H2,1-3H3. The summed E-state index contributed by atoms with van der Waals surface area (Å²) in [6.45, 7) is 2.64. The molecule has 0 saturated heterocycles. The van der Waals surface area contributed by atoms with Gasteiger partial charge < -0.3 is 4.90 Å². The third-order valence-corrected chi connectivity index (χ3v) is 2.63. The van der Waals surface area contributed by atoms with Gasteiger partial charge in [0, 0.05) is 26.0 Å². The summed E-state index contributed by atoms with van der Waals surface area (Å²) < 4.78 is 0. The number of benzene rings is 1. The highest BCUT2D eigenvalue weighted by Crippen LogP contribution is 2.20. The van der Waals surface area contributed by atoms with Crippen molar-refractivity contribution in [3.8, 4) is 0 Å². The summed E-state index contributed by atoms with van der Waals surface area (Å²) in [4.78, 5) is 6.19. The Balaban J connectivity index is 2.09. The maximum absolute atomic E-state index is 4.21. The second kappa shape index (κ2) is 4.91. The summed E-state index contributed by atoms with van der Waals surface area (Å²) >= 11 is 0. The van der Waals surface area contributed by atoms with Crippen LogP contribution in [0.2, 0.25) is 0 Å². The third-order valence-electron chi connectivity index (χ3n) is 2.63. The topological polar surface area (TPSA) is 40.3 Å². The third kappa shape index (κ3) is 2.78. The average Bonchev–Trinajstić information content (AvgIpc) is 2.73. The van der Waals surface area contributed by atoms with Crippen molar-refractivity contribution >= 4 is 17.6 Å². The highest BCUT2D eigenvalue weighted by Gasteiger charge is 2.04. The van der Waals surface area contributed by atoms with E-state index in [9.17, 15) is 0 Å². The van der Waals surface area contributed by atoms with Crippen LogP contribution in [0.1, 0.15) is 6.92 Å². The maximum Gasteiger partial charge on any atom is 0.0889 e. The summed E-state index contributed by atoms with van der Waals surface area (Å²) in [5, 5.41) is 8.42. The fraction of sp³-hybridized carbons (Fsp3) is 0.308. The lowest BCUT2D eigenvalue weighted by Crippen LogP contribution is -2.07. The van der Waals surface area contributed by atoms with Crippen LogP contribution in [0.3, 0.4) is 0 Å². The van der Waals surface area contributed by atoms with Crippen LogP contribution in [0.15, 0.2) is 50.8 Å². The van der Waals surface area contributed by atoms with Crippen LogP contribution in [0, 0.1) is 0 Å². The van der Waals surface area contributed by atoms with Gasteiger partial charge in [0.15, 0.2) is 0 Å². The minimum Gasteiger partial charge on any atom is -0.378 e. The van der Waals surface area contributed by atoms with Crippen molar-refractivity contribution in [3.05, 3.63) is 35.5 Å². The molecular weight excluding hydrogens is 212 g/mol. The van der Waals surface area contributed by atoms with E-state index >= 15 is 0 Å². The Labute approximate surface area is 101 Å². The van der Waals surface area contributed by atoms with Crippen LogP contribution >= 0.6 is 0 Å². The first-order chi connectivity index (χ1) is 8.16. The maximum atomic E-state index is 4.21. The summed E-state index contributed by atoms with van der Waals surface area (Å²) in [6.07, 6.45) is 1.84. The Kier molecular flexibility index (Phi) is 3.32. The molecule has 2 rings (SSSR count). The largest absolute Gasteiger partial charge is 0.378 e. The van der Waals surface area contributed by atoms with Crippen LogP contribution in [0.5, 0.6) is 0 Å². The minimum atomic E-state index is 0.644. The average molecular weight is 228 g/mol. The molecule has 1 aromatic rings. The fourth-order valence-electron chi connectivity index (χ4n) is 1.51. The molecule has 0 fully saturated rings. The van der Waals surface area contributed by atoms with Crippen molar-refractivity contribution < 1.29 is 0 Å². The van der Waals surface area contributed by atoms with E-state index in [-0.39, 0.29) is 0 Å². The predicted octanol–water partition coefficient (Wildman–Crippen LogP) is 3.19. The van der Waals surface area contributed by atoms with E-state index in [4.69, 9.17) is 0 Å². The molecule has 17 heavy (non-hydrogen) atoms. The quantitative estimate of drug-likeness (QED) is 0.732. The molecule has 88 valence electrons. The molecule has 0 amide bonds. The summed E-state index contributed by atoms with van der Waals surface area (Å²) in [7, 11) is 4.03. The highest BCUT2D eigenvalue weighted by molar-refractivity contribution is 5.81. The molecule has 0 spiro atoms. The zero-order chi connectivity index (χ0) is 12.3. The van der Waals surface area contributed by atoms with E-state index in [1.54, 1.807) is 0 Å². The number of rotatable bonds is 3. The molecule has 0 aromatic heterocycles. The van der Waals surface area contributed by atoms with Crippen molar-refractivity contribution in [2.24, 2.45) is 15.2 Å². The number of anilines is 1. The van der Waals surface area contributed by atoms with Gasteiger partial charge in [-0.25, -0.2) is 0 Å². The molecule has 0 saturated carbocycles. The summed E-state index contributed by atoms with van der Waals surface area (Å²) in [6, 6.07) is 7.98. The Morgan fingerprint density at radius 2 is 1.82 bits per heavy atom. The fourth-order valence-corrected chi connectivity index (χ4v) is 1.51. The van der Waals surface area contributed by atoms with E-state index in [1.165, 1.54) is 0 Å². The summed E-state index contributed by atoms with van der Waals surface area (Å²) in [5.74, 6) is 0. The highest BCUT2D eigenvalue weighted by atomic mass is 15.1. The van der Waals surface area contributed by atoms with Gasteiger partial charge in [0.2, 0.25) is 0 Å². The molecule has 0 bridgehead atoms. The monoisotopic (exact) mass is 228 g/mol. The second-order valence-corrected chi connectivity index (χ2v) is 4.21. The molecule has 0 radical (unpaired) electrons. The molecule has 0 aliphatic carbocycles. The van der Waals surface area contributed by atoms with Gasteiger partial charge in [-0.1, -0.05) is 0 Å². The number of nitrogens with zero attached hydrogens (tertiary/aromatic N) is 4. The van der Waals surface area contributed by atoms with Gasteiger partial charge in [-0.3, -0.25) is 4.99 Å². The Morgan fingerprint density at radius 3 is 2.35 bits per heavy atom. The number of allylic oxidation sites excluding steroid dienone is 1. The molecule has 1 aliphatic heterocycles. The van der Waals surface area contributed by atoms with Crippen molar-refractivity contribution in [3.63, 3.8) is 0 Å².